The van der Waals surface area contributed by atoms with Gasteiger partial charge in [0.2, 0.25) is 5.82 Å². The van der Waals surface area contributed by atoms with Crippen molar-refractivity contribution in [3.8, 4) is 0 Å². The van der Waals surface area contributed by atoms with Gasteiger partial charge in [-0.1, -0.05) is 6.92 Å². The second-order valence-electron chi connectivity index (χ2n) is 8.14. The molecular weight excluding hydrogens is 372 g/mol. The van der Waals surface area contributed by atoms with Crippen LogP contribution in [0.2, 0.25) is 0 Å². The molecule has 3 aromatic heterocycles. The van der Waals surface area contributed by atoms with Crippen molar-refractivity contribution in [2.75, 3.05) is 32.7 Å². The molecule has 3 aromatic rings. The fourth-order valence-corrected chi connectivity index (χ4v) is 6.07. The van der Waals surface area contributed by atoms with Gasteiger partial charge in [-0.2, -0.15) is 4.52 Å². The first-order valence-corrected chi connectivity index (χ1v) is 11.2. The van der Waals surface area contributed by atoms with Crippen molar-refractivity contribution >= 4 is 33.1 Å². The number of amides is 1. The Bertz CT molecular complexity index is 1060. The third-order valence-corrected chi connectivity index (χ3v) is 7.55. The smallest absolute Gasteiger partial charge is 0.293 e. The zero-order valence-corrected chi connectivity index (χ0v) is 17.6. The standard InChI is InChI=1S/C20H26N6OS/c1-4-24-8-10-25(11-9-24)20(27)17-22-18-16-15-12(2)6-5-7-14(15)28-19(16)21-13(3)26(18)23-17/h12H,4-11H2,1-3H3/p+1/t12-/m1/s1. The maximum absolute atomic E-state index is 13.1. The number of fused-ring (bicyclic) bond motifs is 5. The fourth-order valence-electron chi connectivity index (χ4n) is 4.70. The molecule has 0 saturated carbocycles. The Balaban J connectivity index is 1.59. The van der Waals surface area contributed by atoms with Crippen LogP contribution >= 0.6 is 11.3 Å². The van der Waals surface area contributed by atoms with Gasteiger partial charge in [-0.05, 0) is 44.6 Å². The first kappa shape index (κ1) is 18.0. The minimum absolute atomic E-state index is 0.0523. The summed E-state index contributed by atoms with van der Waals surface area (Å²) in [7, 11) is 0. The lowest BCUT2D eigenvalue weighted by atomic mass is 9.87. The van der Waals surface area contributed by atoms with E-state index in [1.165, 1.54) is 23.3 Å². The number of quaternary nitrogens is 1. The molecule has 0 unspecified atom stereocenters. The zero-order valence-electron chi connectivity index (χ0n) is 16.8. The molecule has 1 amide bonds. The highest BCUT2D eigenvalue weighted by Gasteiger charge is 2.29. The van der Waals surface area contributed by atoms with Gasteiger partial charge in [0.05, 0.1) is 38.1 Å². The largest absolute Gasteiger partial charge is 0.332 e. The molecule has 1 aliphatic heterocycles. The summed E-state index contributed by atoms with van der Waals surface area (Å²) < 4.78 is 1.78. The van der Waals surface area contributed by atoms with E-state index in [9.17, 15) is 4.79 Å². The van der Waals surface area contributed by atoms with Gasteiger partial charge in [0.1, 0.15) is 10.7 Å². The van der Waals surface area contributed by atoms with E-state index in [0.29, 0.717) is 11.7 Å². The highest BCUT2D eigenvalue weighted by molar-refractivity contribution is 7.19. The summed E-state index contributed by atoms with van der Waals surface area (Å²) in [4.78, 5) is 28.5. The number of carbonyl (C=O) groups is 1. The molecular formula is C20H27N6OS+. The van der Waals surface area contributed by atoms with Crippen molar-refractivity contribution in [3.05, 3.63) is 22.1 Å². The van der Waals surface area contributed by atoms with Crippen molar-refractivity contribution in [2.45, 2.75) is 46.0 Å². The summed E-state index contributed by atoms with van der Waals surface area (Å²) in [6, 6.07) is 0. The summed E-state index contributed by atoms with van der Waals surface area (Å²) in [5.41, 5.74) is 2.19. The molecule has 1 atom stereocenters. The second-order valence-corrected chi connectivity index (χ2v) is 9.22. The number of thiophene rings is 1. The fraction of sp³-hybridized carbons (Fsp3) is 0.600. The predicted octanol–water partition coefficient (Wildman–Crippen LogP) is 1.45. The third-order valence-electron chi connectivity index (χ3n) is 6.39. The highest BCUT2D eigenvalue weighted by Crippen LogP contribution is 2.42. The maximum atomic E-state index is 13.1. The SMILES string of the molecule is CC[NH+]1CCN(C(=O)c2nc3c4c5c(sc4nc(C)n3n2)CCC[C@H]5C)CC1. The summed E-state index contributed by atoms with van der Waals surface area (Å²) in [5.74, 6) is 1.55. The van der Waals surface area contributed by atoms with Crippen LogP contribution in [-0.2, 0) is 6.42 Å². The summed E-state index contributed by atoms with van der Waals surface area (Å²) in [6.07, 6.45) is 3.55. The van der Waals surface area contributed by atoms with Crippen LogP contribution in [-0.4, -0.2) is 63.1 Å². The van der Waals surface area contributed by atoms with E-state index in [2.05, 4.69) is 18.9 Å². The van der Waals surface area contributed by atoms with Crippen LogP contribution in [0, 0.1) is 6.92 Å². The zero-order chi connectivity index (χ0) is 19.4. The quantitative estimate of drug-likeness (QED) is 0.708. The van der Waals surface area contributed by atoms with Gasteiger partial charge in [0.25, 0.3) is 5.91 Å². The third kappa shape index (κ3) is 2.73. The van der Waals surface area contributed by atoms with Crippen molar-refractivity contribution < 1.29 is 9.69 Å². The van der Waals surface area contributed by atoms with Crippen molar-refractivity contribution in [2.24, 2.45) is 0 Å². The molecule has 2 aliphatic rings. The van der Waals surface area contributed by atoms with Gasteiger partial charge in [-0.25, -0.2) is 9.97 Å². The van der Waals surface area contributed by atoms with E-state index in [0.717, 1.165) is 60.8 Å². The Kier molecular flexibility index (Phi) is 4.35. The van der Waals surface area contributed by atoms with Gasteiger partial charge in [0, 0.05) is 4.88 Å². The molecule has 8 heteroatoms. The minimum atomic E-state index is -0.0523. The van der Waals surface area contributed by atoms with Crippen LogP contribution in [0.3, 0.4) is 0 Å². The number of piperazine rings is 1. The molecule has 1 N–H and O–H groups in total. The van der Waals surface area contributed by atoms with Gasteiger partial charge < -0.3 is 9.80 Å². The molecule has 7 nitrogen and oxygen atoms in total. The number of aromatic nitrogens is 4. The number of hydrogen-bond acceptors (Lipinski definition) is 5. The average molecular weight is 400 g/mol. The van der Waals surface area contributed by atoms with E-state index >= 15 is 0 Å². The van der Waals surface area contributed by atoms with Crippen molar-refractivity contribution in [1.82, 2.24) is 24.5 Å². The number of hydrogen-bond donors (Lipinski definition) is 1. The monoisotopic (exact) mass is 399 g/mol. The van der Waals surface area contributed by atoms with Crippen LogP contribution < -0.4 is 4.90 Å². The number of aryl methyl sites for hydroxylation is 2. The Labute approximate surface area is 168 Å². The molecule has 1 fully saturated rings. The first-order valence-electron chi connectivity index (χ1n) is 10.4. The van der Waals surface area contributed by atoms with Crippen LogP contribution in [0.25, 0.3) is 15.9 Å². The van der Waals surface area contributed by atoms with E-state index in [1.54, 1.807) is 20.8 Å². The molecule has 0 radical (unpaired) electrons. The minimum Gasteiger partial charge on any atom is -0.332 e. The van der Waals surface area contributed by atoms with Gasteiger partial charge in [0.15, 0.2) is 5.65 Å². The number of nitrogens with zero attached hydrogens (tertiary/aromatic N) is 5. The number of rotatable bonds is 2. The van der Waals surface area contributed by atoms with Crippen LogP contribution in [0.4, 0.5) is 0 Å². The normalized spacial score (nSPS) is 20.8. The highest BCUT2D eigenvalue weighted by atomic mass is 32.1. The molecule has 1 aliphatic carbocycles. The number of carbonyl (C=O) groups excluding carboxylic acids is 1. The van der Waals surface area contributed by atoms with Gasteiger partial charge in [-0.3, -0.25) is 4.79 Å². The number of nitrogens with one attached hydrogen (secondary N) is 1. The summed E-state index contributed by atoms with van der Waals surface area (Å²) in [5, 5.41) is 5.70. The van der Waals surface area contributed by atoms with E-state index in [1.807, 2.05) is 11.8 Å². The maximum Gasteiger partial charge on any atom is 0.293 e. The molecule has 28 heavy (non-hydrogen) atoms. The molecule has 4 heterocycles. The van der Waals surface area contributed by atoms with E-state index < -0.39 is 0 Å². The van der Waals surface area contributed by atoms with Crippen molar-refractivity contribution in [3.63, 3.8) is 0 Å². The number of likely N-dealkylation sites (N-methyl/N-ethyl adjacent to an activating group) is 1. The lowest BCUT2D eigenvalue weighted by molar-refractivity contribution is -0.902. The second kappa shape index (κ2) is 6.77. The van der Waals surface area contributed by atoms with Gasteiger partial charge >= 0.3 is 0 Å². The predicted molar refractivity (Wildman–Crippen MR) is 109 cm³/mol. The molecule has 0 spiro atoms. The molecule has 148 valence electrons. The van der Waals surface area contributed by atoms with E-state index in [4.69, 9.17) is 9.97 Å². The molecule has 0 bridgehead atoms. The lowest BCUT2D eigenvalue weighted by Crippen LogP contribution is -3.14. The first-order chi connectivity index (χ1) is 13.6. The molecule has 5 rings (SSSR count). The van der Waals surface area contributed by atoms with E-state index in [-0.39, 0.29) is 5.91 Å². The summed E-state index contributed by atoms with van der Waals surface area (Å²) >= 11 is 1.79. The van der Waals surface area contributed by atoms with Crippen LogP contribution in [0.15, 0.2) is 0 Å². The molecule has 1 saturated heterocycles. The van der Waals surface area contributed by atoms with Crippen LogP contribution in [0.5, 0.6) is 0 Å². The Morgan fingerprint density at radius 1 is 1.29 bits per heavy atom. The van der Waals surface area contributed by atoms with Crippen LogP contribution in [0.1, 0.15) is 59.5 Å². The molecule has 0 aromatic carbocycles. The Morgan fingerprint density at radius 2 is 2.07 bits per heavy atom. The lowest BCUT2D eigenvalue weighted by Gasteiger charge is -2.30. The van der Waals surface area contributed by atoms with Gasteiger partial charge in [-0.15, -0.1) is 16.4 Å². The topological polar surface area (TPSA) is 67.8 Å². The average Bonchev–Trinajstić information content (AvgIpc) is 3.30. The van der Waals surface area contributed by atoms with Crippen molar-refractivity contribution in [1.29, 1.82) is 0 Å². The Hall–Kier alpha value is -2.06. The Morgan fingerprint density at radius 3 is 2.82 bits per heavy atom. The summed E-state index contributed by atoms with van der Waals surface area (Å²) in [6.45, 7) is 11.1.